The van der Waals surface area contributed by atoms with Crippen molar-refractivity contribution in [3.63, 3.8) is 0 Å². The van der Waals surface area contributed by atoms with Crippen LogP contribution in [0.4, 0.5) is 0 Å². The molecule has 182 valence electrons. The number of ether oxygens (including phenoxy) is 4. The molecule has 1 unspecified atom stereocenters. The molecule has 1 saturated carbocycles. The molecule has 0 radical (unpaired) electrons. The first-order valence-corrected chi connectivity index (χ1v) is 11.2. The highest BCUT2D eigenvalue weighted by atomic mass is 16.6. The summed E-state index contributed by atoms with van der Waals surface area (Å²) in [6, 6.07) is 0. The third-order valence-electron chi connectivity index (χ3n) is 5.89. The van der Waals surface area contributed by atoms with Crippen LogP contribution in [0.1, 0.15) is 40.5 Å². The molecule has 1 aliphatic heterocycles. The second-order valence-corrected chi connectivity index (χ2v) is 9.07. The molecule has 0 amide bonds. The van der Waals surface area contributed by atoms with Crippen LogP contribution in [0.15, 0.2) is 60.3 Å². The number of epoxide rings is 1. The first kappa shape index (κ1) is 26.8. The summed E-state index contributed by atoms with van der Waals surface area (Å²) < 4.78 is 23.7. The van der Waals surface area contributed by atoms with Gasteiger partial charge in [0.1, 0.15) is 12.2 Å². The molecule has 0 aromatic heterocycles. The normalized spacial score (nSPS) is 27.7. The van der Waals surface area contributed by atoms with Crippen LogP contribution in [0.3, 0.4) is 0 Å². The quantitative estimate of drug-likeness (QED) is 0.163. The van der Waals surface area contributed by atoms with E-state index in [1.165, 1.54) is 17.7 Å². The summed E-state index contributed by atoms with van der Waals surface area (Å²) in [7, 11) is 1.63. The lowest BCUT2D eigenvalue weighted by Gasteiger charge is -2.47. The van der Waals surface area contributed by atoms with E-state index in [2.05, 4.69) is 0 Å². The van der Waals surface area contributed by atoms with E-state index < -0.39 is 23.6 Å². The number of carbonyl (C=O) groups is 2. The number of carbonyl (C=O) groups excluding carboxylic acids is 1. The van der Waals surface area contributed by atoms with E-state index in [1.807, 2.05) is 33.8 Å². The third kappa shape index (κ3) is 8.11. The second-order valence-electron chi connectivity index (χ2n) is 9.07. The van der Waals surface area contributed by atoms with Crippen LogP contribution >= 0.6 is 0 Å². The number of methoxy groups -OCH3 is 1. The summed E-state index contributed by atoms with van der Waals surface area (Å²) in [5.74, 6) is -1.54. The highest BCUT2D eigenvalue weighted by Gasteiger charge is 2.64. The highest BCUT2D eigenvalue weighted by Crippen LogP contribution is 2.52. The van der Waals surface area contributed by atoms with Gasteiger partial charge < -0.3 is 24.1 Å². The van der Waals surface area contributed by atoms with E-state index in [1.54, 1.807) is 37.5 Å². The van der Waals surface area contributed by atoms with Gasteiger partial charge in [0.05, 0.1) is 24.4 Å². The Bertz CT molecular complexity index is 824. The van der Waals surface area contributed by atoms with Crippen molar-refractivity contribution in [3.05, 3.63) is 60.3 Å². The molecule has 1 heterocycles. The fraction of sp³-hybridized carbons (Fsp3) is 0.538. The van der Waals surface area contributed by atoms with Crippen LogP contribution in [0.2, 0.25) is 0 Å². The monoisotopic (exact) mass is 460 g/mol. The Morgan fingerprint density at radius 3 is 2.24 bits per heavy atom. The maximum Gasteiger partial charge on any atom is 0.331 e. The number of carboxylic acid groups (broad SMARTS) is 1. The number of carboxylic acids is 1. The van der Waals surface area contributed by atoms with Gasteiger partial charge in [0, 0.05) is 25.2 Å². The standard InChI is InChI=1S/C26H36O7/c1-19(2)15-17-31-25(3,4)24-23(30-5)20(14-16-26(24)18-32-26)33-22(29)13-11-9-7-6-8-10-12-21(27)28/h6-13,15,20,23-24H,14,16-18H2,1-5H3,(H,27,28)/b8-6+,9-7+,12-10+,13-11+/t20-,23-,24?,26+/m1/s1. The van der Waals surface area contributed by atoms with Gasteiger partial charge in [-0.25, -0.2) is 9.59 Å². The Hall–Kier alpha value is -2.48. The number of allylic oxidation sites excluding steroid dienone is 7. The highest BCUT2D eigenvalue weighted by molar-refractivity contribution is 5.82. The van der Waals surface area contributed by atoms with Gasteiger partial charge in [0.25, 0.3) is 0 Å². The lowest BCUT2D eigenvalue weighted by atomic mass is 9.68. The minimum absolute atomic E-state index is 0.0834. The van der Waals surface area contributed by atoms with Crippen molar-refractivity contribution in [3.8, 4) is 0 Å². The van der Waals surface area contributed by atoms with Gasteiger partial charge in [-0.2, -0.15) is 0 Å². The zero-order valence-corrected chi connectivity index (χ0v) is 20.2. The van der Waals surface area contributed by atoms with Gasteiger partial charge in [-0.1, -0.05) is 48.1 Å². The lowest BCUT2D eigenvalue weighted by Crippen LogP contribution is -2.58. The maximum atomic E-state index is 12.4. The second kappa shape index (κ2) is 12.1. The molecule has 1 N–H and O–H groups in total. The fourth-order valence-corrected chi connectivity index (χ4v) is 4.31. The molecule has 2 fully saturated rings. The average molecular weight is 461 g/mol. The van der Waals surface area contributed by atoms with Crippen molar-refractivity contribution >= 4 is 11.9 Å². The molecule has 7 heteroatoms. The Kier molecular flexibility index (Phi) is 9.83. The van der Waals surface area contributed by atoms with Crippen molar-refractivity contribution in [2.24, 2.45) is 5.92 Å². The number of hydrogen-bond donors (Lipinski definition) is 1. The van der Waals surface area contributed by atoms with Gasteiger partial charge in [-0.05, 0) is 40.5 Å². The summed E-state index contributed by atoms with van der Waals surface area (Å²) in [5.41, 5.74) is 0.363. The molecule has 2 aliphatic rings. The van der Waals surface area contributed by atoms with Crippen LogP contribution in [-0.4, -0.2) is 60.8 Å². The zero-order valence-electron chi connectivity index (χ0n) is 20.2. The number of rotatable bonds is 11. The van der Waals surface area contributed by atoms with Crippen molar-refractivity contribution in [1.82, 2.24) is 0 Å². The van der Waals surface area contributed by atoms with Crippen molar-refractivity contribution in [2.45, 2.75) is 63.9 Å². The minimum atomic E-state index is -1.01. The fourth-order valence-electron chi connectivity index (χ4n) is 4.31. The zero-order chi connectivity index (χ0) is 24.5. The van der Waals surface area contributed by atoms with Crippen LogP contribution in [0.5, 0.6) is 0 Å². The van der Waals surface area contributed by atoms with Gasteiger partial charge in [0.15, 0.2) is 0 Å². The van der Waals surface area contributed by atoms with Gasteiger partial charge in [0.2, 0.25) is 0 Å². The van der Waals surface area contributed by atoms with Crippen LogP contribution < -0.4 is 0 Å². The molecular weight excluding hydrogens is 424 g/mol. The molecule has 1 saturated heterocycles. The average Bonchev–Trinajstić information content (AvgIpc) is 3.49. The maximum absolute atomic E-state index is 12.4. The van der Waals surface area contributed by atoms with Crippen LogP contribution in [0, 0.1) is 5.92 Å². The summed E-state index contributed by atoms with van der Waals surface area (Å²) in [4.78, 5) is 22.8. The molecule has 7 nitrogen and oxygen atoms in total. The molecule has 0 aromatic rings. The summed E-state index contributed by atoms with van der Waals surface area (Å²) in [6.07, 6.45) is 14.7. The molecular formula is C26H36O7. The van der Waals surface area contributed by atoms with Crippen LogP contribution in [0.25, 0.3) is 0 Å². The topological polar surface area (TPSA) is 94.6 Å². The first-order chi connectivity index (χ1) is 15.6. The van der Waals surface area contributed by atoms with E-state index in [4.69, 9.17) is 24.1 Å². The summed E-state index contributed by atoms with van der Waals surface area (Å²) >= 11 is 0. The molecule has 1 spiro atoms. The van der Waals surface area contributed by atoms with E-state index in [9.17, 15) is 9.59 Å². The SMILES string of the molecule is CO[C@H]1C(C(C)(C)OCC=C(C)C)[C@]2(CC[C@H]1OC(=O)/C=C/C=C/C=C/C=C/C(=O)O)CO2. The molecule has 0 aromatic carbocycles. The van der Waals surface area contributed by atoms with Gasteiger partial charge >= 0.3 is 11.9 Å². The van der Waals surface area contributed by atoms with Gasteiger partial charge in [-0.15, -0.1) is 0 Å². The molecule has 4 atom stereocenters. The minimum Gasteiger partial charge on any atom is -0.478 e. The smallest absolute Gasteiger partial charge is 0.331 e. The number of aliphatic carboxylic acids is 1. The van der Waals surface area contributed by atoms with E-state index in [0.717, 1.165) is 12.5 Å². The molecule has 0 bridgehead atoms. The number of hydrogen-bond acceptors (Lipinski definition) is 6. The molecule has 1 aliphatic carbocycles. The Balaban J connectivity index is 2.00. The van der Waals surface area contributed by atoms with Crippen molar-refractivity contribution in [1.29, 1.82) is 0 Å². The van der Waals surface area contributed by atoms with E-state index in [0.29, 0.717) is 19.6 Å². The largest absolute Gasteiger partial charge is 0.478 e. The van der Waals surface area contributed by atoms with Crippen molar-refractivity contribution < 1.29 is 33.6 Å². The summed E-state index contributed by atoms with van der Waals surface area (Å²) in [5, 5.41) is 8.51. The predicted molar refractivity (Wildman–Crippen MR) is 126 cm³/mol. The number of esters is 1. The lowest BCUT2D eigenvalue weighted by molar-refractivity contribution is -0.189. The van der Waals surface area contributed by atoms with Crippen LogP contribution in [-0.2, 0) is 28.5 Å². The predicted octanol–water partition coefficient (Wildman–Crippen LogP) is 4.16. The van der Waals surface area contributed by atoms with E-state index in [-0.39, 0.29) is 17.6 Å². The summed E-state index contributed by atoms with van der Waals surface area (Å²) in [6.45, 7) is 9.31. The Morgan fingerprint density at radius 2 is 1.70 bits per heavy atom. The van der Waals surface area contributed by atoms with E-state index >= 15 is 0 Å². The Morgan fingerprint density at radius 1 is 1.09 bits per heavy atom. The molecule has 2 rings (SSSR count). The molecule has 33 heavy (non-hydrogen) atoms. The van der Waals surface area contributed by atoms with Gasteiger partial charge in [-0.3, -0.25) is 0 Å². The third-order valence-corrected chi connectivity index (χ3v) is 5.89. The van der Waals surface area contributed by atoms with Crippen molar-refractivity contribution in [2.75, 3.05) is 20.3 Å². The first-order valence-electron chi connectivity index (χ1n) is 11.2. The Labute approximate surface area is 196 Å².